The summed E-state index contributed by atoms with van der Waals surface area (Å²) in [7, 11) is 0. The van der Waals surface area contributed by atoms with Gasteiger partial charge in [0.15, 0.2) is 0 Å². The van der Waals surface area contributed by atoms with Crippen molar-refractivity contribution in [1.82, 2.24) is 10.9 Å². The third-order valence-corrected chi connectivity index (χ3v) is 2.75. The van der Waals surface area contributed by atoms with Crippen molar-refractivity contribution in [2.24, 2.45) is 0 Å². The SMILES string of the molecule is CC(=O)NNC1=[NH+]C(C)(C)Cc2ccccc21. The van der Waals surface area contributed by atoms with Crippen LogP contribution in [0.1, 0.15) is 31.9 Å². The first-order chi connectivity index (χ1) is 7.98. The normalized spacial score (nSPS) is 16.8. The molecule has 0 aromatic heterocycles. The average Bonchev–Trinajstić information content (AvgIpc) is 2.24. The average molecular weight is 232 g/mol. The number of nitrogens with one attached hydrogen (secondary N) is 3. The Labute approximate surface area is 101 Å². The van der Waals surface area contributed by atoms with Crippen LogP contribution in [0.2, 0.25) is 0 Å². The summed E-state index contributed by atoms with van der Waals surface area (Å²) >= 11 is 0. The first-order valence-corrected chi connectivity index (χ1v) is 5.74. The molecule has 0 unspecified atom stereocenters. The maximum atomic E-state index is 10.9. The van der Waals surface area contributed by atoms with Gasteiger partial charge in [-0.2, -0.15) is 10.9 Å². The summed E-state index contributed by atoms with van der Waals surface area (Å²) in [4.78, 5) is 14.3. The highest BCUT2D eigenvalue weighted by molar-refractivity contribution is 5.97. The molecule has 0 fully saturated rings. The molecule has 0 aliphatic carbocycles. The lowest BCUT2D eigenvalue weighted by atomic mass is 9.89. The van der Waals surface area contributed by atoms with Crippen LogP contribution in [0.3, 0.4) is 0 Å². The van der Waals surface area contributed by atoms with Crippen LogP contribution in [0.25, 0.3) is 0 Å². The van der Waals surface area contributed by atoms with Gasteiger partial charge in [0.25, 0.3) is 11.7 Å². The maximum absolute atomic E-state index is 10.9. The second-order valence-corrected chi connectivity index (χ2v) is 5.02. The molecule has 4 heteroatoms. The Morgan fingerprint density at radius 3 is 2.76 bits per heavy atom. The van der Waals surface area contributed by atoms with E-state index in [1.807, 2.05) is 18.2 Å². The third-order valence-electron chi connectivity index (χ3n) is 2.75. The van der Waals surface area contributed by atoms with Gasteiger partial charge in [0, 0.05) is 13.3 Å². The van der Waals surface area contributed by atoms with E-state index in [0.717, 1.165) is 17.8 Å². The van der Waals surface area contributed by atoms with Crippen molar-refractivity contribution in [3.63, 3.8) is 0 Å². The standard InChI is InChI=1S/C13H17N3O/c1-9(17)15-16-12-11-7-5-4-6-10(11)8-13(2,3)14-12/h4-7H,8H2,1-3H3,(H,14,16)(H,15,17)/p+1. The molecule has 17 heavy (non-hydrogen) atoms. The Balaban J connectivity index is 2.33. The first-order valence-electron chi connectivity index (χ1n) is 5.74. The van der Waals surface area contributed by atoms with Gasteiger partial charge in [-0.3, -0.25) is 9.79 Å². The fourth-order valence-electron chi connectivity index (χ4n) is 2.09. The van der Waals surface area contributed by atoms with Crippen LogP contribution in [0.5, 0.6) is 0 Å². The van der Waals surface area contributed by atoms with Gasteiger partial charge in [0.2, 0.25) is 0 Å². The van der Waals surface area contributed by atoms with Crippen LogP contribution in [-0.4, -0.2) is 17.3 Å². The van der Waals surface area contributed by atoms with Gasteiger partial charge in [0.1, 0.15) is 5.54 Å². The maximum Gasteiger partial charge on any atom is 0.299 e. The number of carbonyl (C=O) groups is 1. The van der Waals surface area contributed by atoms with Crippen LogP contribution in [0.4, 0.5) is 0 Å². The summed E-state index contributed by atoms with van der Waals surface area (Å²) in [6.07, 6.45) is 0.967. The van der Waals surface area contributed by atoms with Crippen LogP contribution in [0.15, 0.2) is 24.3 Å². The second-order valence-electron chi connectivity index (χ2n) is 5.02. The molecule has 0 saturated heterocycles. The van der Waals surface area contributed by atoms with E-state index >= 15 is 0 Å². The van der Waals surface area contributed by atoms with Gasteiger partial charge >= 0.3 is 0 Å². The Kier molecular flexibility index (Phi) is 2.88. The number of benzene rings is 1. The summed E-state index contributed by atoms with van der Waals surface area (Å²) < 4.78 is 0. The van der Waals surface area contributed by atoms with Crippen molar-refractivity contribution in [2.75, 3.05) is 0 Å². The molecule has 0 spiro atoms. The molecular weight excluding hydrogens is 214 g/mol. The Hall–Kier alpha value is -1.84. The zero-order chi connectivity index (χ0) is 12.5. The number of fused-ring (bicyclic) bond motifs is 1. The molecule has 0 radical (unpaired) electrons. The quantitative estimate of drug-likeness (QED) is 0.528. The minimum atomic E-state index is -0.111. The number of amides is 1. The van der Waals surface area contributed by atoms with E-state index < -0.39 is 0 Å². The minimum Gasteiger partial charge on any atom is -0.272 e. The summed E-state index contributed by atoms with van der Waals surface area (Å²) in [6.45, 7) is 5.75. The fraction of sp³-hybridized carbons (Fsp3) is 0.385. The topological polar surface area (TPSA) is 55.1 Å². The van der Waals surface area contributed by atoms with Gasteiger partial charge in [-0.25, -0.2) is 0 Å². The molecule has 90 valence electrons. The summed E-state index contributed by atoms with van der Waals surface area (Å²) in [6, 6.07) is 8.19. The summed E-state index contributed by atoms with van der Waals surface area (Å²) in [5.74, 6) is 0.743. The lowest BCUT2D eigenvalue weighted by Crippen LogP contribution is -2.90. The van der Waals surface area contributed by atoms with Crippen molar-refractivity contribution in [1.29, 1.82) is 0 Å². The summed E-state index contributed by atoms with van der Waals surface area (Å²) in [5, 5.41) is 0. The lowest BCUT2D eigenvalue weighted by molar-refractivity contribution is -0.547. The van der Waals surface area contributed by atoms with Crippen LogP contribution in [-0.2, 0) is 11.2 Å². The number of amidine groups is 1. The highest BCUT2D eigenvalue weighted by atomic mass is 16.2. The molecule has 3 N–H and O–H groups in total. The number of hydrazine groups is 1. The molecular formula is C13H18N3O+. The smallest absolute Gasteiger partial charge is 0.272 e. The number of hydrogen-bond acceptors (Lipinski definition) is 2. The van der Waals surface area contributed by atoms with Crippen LogP contribution >= 0.6 is 0 Å². The largest absolute Gasteiger partial charge is 0.299 e. The zero-order valence-electron chi connectivity index (χ0n) is 10.4. The van der Waals surface area contributed by atoms with E-state index in [1.165, 1.54) is 12.5 Å². The first kappa shape index (κ1) is 11.6. The molecule has 0 saturated carbocycles. The van der Waals surface area contributed by atoms with E-state index in [0.29, 0.717) is 0 Å². The molecule has 2 rings (SSSR count). The third kappa shape index (κ3) is 2.64. The minimum absolute atomic E-state index is 0.0187. The highest BCUT2D eigenvalue weighted by Crippen LogP contribution is 2.16. The van der Waals surface area contributed by atoms with Crippen molar-refractivity contribution in [2.45, 2.75) is 32.7 Å². The molecule has 1 heterocycles. The summed E-state index contributed by atoms with van der Waals surface area (Å²) in [5.41, 5.74) is 7.92. The molecule has 1 aromatic carbocycles. The van der Waals surface area contributed by atoms with Gasteiger partial charge in [-0.05, 0) is 25.5 Å². The predicted octanol–water partition coefficient (Wildman–Crippen LogP) is -0.511. The second kappa shape index (κ2) is 4.20. The Morgan fingerprint density at radius 2 is 2.06 bits per heavy atom. The molecule has 1 amide bonds. The molecule has 1 aliphatic rings. The molecule has 1 aromatic rings. The van der Waals surface area contributed by atoms with E-state index in [9.17, 15) is 4.79 Å². The van der Waals surface area contributed by atoms with Gasteiger partial charge in [0.05, 0.1) is 5.56 Å². The van der Waals surface area contributed by atoms with Crippen molar-refractivity contribution >= 4 is 11.7 Å². The fourth-order valence-corrected chi connectivity index (χ4v) is 2.09. The Bertz CT molecular complexity index is 477. The number of hydrogen-bond donors (Lipinski definition) is 3. The van der Waals surface area contributed by atoms with Crippen molar-refractivity contribution in [3.05, 3.63) is 35.4 Å². The van der Waals surface area contributed by atoms with E-state index in [1.54, 1.807) is 0 Å². The van der Waals surface area contributed by atoms with E-state index in [2.05, 4.69) is 35.8 Å². The predicted molar refractivity (Wildman–Crippen MR) is 66.2 cm³/mol. The zero-order valence-corrected chi connectivity index (χ0v) is 10.4. The van der Waals surface area contributed by atoms with Gasteiger partial charge in [-0.1, -0.05) is 18.2 Å². The molecule has 1 aliphatic heterocycles. The molecule has 0 atom stereocenters. The molecule has 0 bridgehead atoms. The van der Waals surface area contributed by atoms with Gasteiger partial charge in [-0.15, -0.1) is 0 Å². The monoisotopic (exact) mass is 232 g/mol. The highest BCUT2D eigenvalue weighted by Gasteiger charge is 2.30. The van der Waals surface area contributed by atoms with Crippen molar-refractivity contribution < 1.29 is 9.79 Å². The number of rotatable bonds is 0. The van der Waals surface area contributed by atoms with E-state index in [-0.39, 0.29) is 11.4 Å². The van der Waals surface area contributed by atoms with Crippen LogP contribution in [0, 0.1) is 0 Å². The van der Waals surface area contributed by atoms with Crippen LogP contribution < -0.4 is 15.8 Å². The number of carbonyl (C=O) groups excluding carboxylic acids is 1. The van der Waals surface area contributed by atoms with Gasteiger partial charge < -0.3 is 0 Å². The molecule has 4 nitrogen and oxygen atoms in total. The van der Waals surface area contributed by atoms with Crippen molar-refractivity contribution in [3.8, 4) is 0 Å². The van der Waals surface area contributed by atoms with E-state index in [4.69, 9.17) is 0 Å². The Morgan fingerprint density at radius 1 is 1.35 bits per heavy atom. The lowest BCUT2D eigenvalue weighted by Gasteiger charge is -2.25.